The zero-order chi connectivity index (χ0) is 15.3. The van der Waals surface area contributed by atoms with E-state index < -0.39 is 0 Å². The van der Waals surface area contributed by atoms with E-state index in [2.05, 4.69) is 25.9 Å². The van der Waals surface area contributed by atoms with E-state index in [9.17, 15) is 4.79 Å². The molecular formula is C18H23NO2. The summed E-state index contributed by atoms with van der Waals surface area (Å²) in [5.74, 6) is 0.309. The number of hydrogen-bond donors (Lipinski definition) is 0. The maximum Gasteiger partial charge on any atom is 0.365 e. The maximum atomic E-state index is 12.2. The quantitative estimate of drug-likeness (QED) is 0.598. The van der Waals surface area contributed by atoms with Crippen molar-refractivity contribution in [2.75, 3.05) is 0 Å². The molecule has 0 spiro atoms. The molecule has 3 rings (SSSR count). The number of carbonyl (C=O) groups is 1. The van der Waals surface area contributed by atoms with Crippen molar-refractivity contribution in [3.05, 3.63) is 35.4 Å². The monoisotopic (exact) mass is 285 g/mol. The number of aryl methyl sites for hydroxylation is 1. The molecule has 0 saturated heterocycles. The molecule has 21 heavy (non-hydrogen) atoms. The largest absolute Gasteiger partial charge is 0.365 e. The minimum absolute atomic E-state index is 0.0731. The summed E-state index contributed by atoms with van der Waals surface area (Å²) in [6.45, 7) is 8.80. The van der Waals surface area contributed by atoms with Crippen molar-refractivity contribution in [3.8, 4) is 0 Å². The molecule has 2 aliphatic rings. The Bertz CT molecular complexity index is 617. The smallest absolute Gasteiger partial charge is 0.313 e. The van der Waals surface area contributed by atoms with Gasteiger partial charge in [-0.3, -0.25) is 0 Å². The van der Waals surface area contributed by atoms with E-state index in [0.29, 0.717) is 11.5 Å². The molecule has 2 saturated carbocycles. The van der Waals surface area contributed by atoms with Gasteiger partial charge in [0.1, 0.15) is 0 Å². The van der Waals surface area contributed by atoms with E-state index >= 15 is 0 Å². The van der Waals surface area contributed by atoms with Crippen LogP contribution in [0.25, 0.3) is 0 Å². The number of rotatable bonds is 2. The first-order valence-electron chi connectivity index (χ1n) is 7.70. The first-order valence-corrected chi connectivity index (χ1v) is 7.70. The van der Waals surface area contributed by atoms with Gasteiger partial charge < -0.3 is 4.84 Å². The molecule has 0 amide bonds. The number of carbonyl (C=O) groups excluding carboxylic acids is 1. The van der Waals surface area contributed by atoms with Gasteiger partial charge in [0.05, 0.1) is 11.3 Å². The summed E-state index contributed by atoms with van der Waals surface area (Å²) in [5, 5.41) is 4.26. The van der Waals surface area contributed by atoms with Crippen LogP contribution < -0.4 is 0 Å². The van der Waals surface area contributed by atoms with Gasteiger partial charge in [0.25, 0.3) is 0 Å². The molecule has 1 aromatic carbocycles. The molecule has 2 bridgehead atoms. The van der Waals surface area contributed by atoms with E-state index in [1.54, 1.807) is 6.07 Å². The number of hydrogen-bond acceptors (Lipinski definition) is 3. The summed E-state index contributed by atoms with van der Waals surface area (Å²) in [6, 6.07) is 7.45. The van der Waals surface area contributed by atoms with Crippen LogP contribution in [0.3, 0.4) is 0 Å². The summed E-state index contributed by atoms with van der Waals surface area (Å²) in [4.78, 5) is 17.4. The molecular weight excluding hydrogens is 262 g/mol. The lowest BCUT2D eigenvalue weighted by atomic mass is 9.70. The lowest BCUT2D eigenvalue weighted by Gasteiger charge is -2.34. The van der Waals surface area contributed by atoms with Crippen molar-refractivity contribution in [1.29, 1.82) is 0 Å². The molecule has 2 aliphatic carbocycles. The van der Waals surface area contributed by atoms with Crippen molar-refractivity contribution in [3.63, 3.8) is 0 Å². The number of benzene rings is 1. The van der Waals surface area contributed by atoms with Gasteiger partial charge in [0.15, 0.2) is 0 Å². The first kappa shape index (κ1) is 14.3. The molecule has 112 valence electrons. The highest BCUT2D eigenvalue weighted by molar-refractivity contribution is 5.96. The summed E-state index contributed by atoms with van der Waals surface area (Å²) in [5.41, 5.74) is 2.90. The third-order valence-electron chi connectivity index (χ3n) is 6.12. The Hall–Kier alpha value is -1.64. The van der Waals surface area contributed by atoms with Crippen LogP contribution in [0, 0.1) is 23.7 Å². The SMILES string of the molecule is Cc1ccccc1C(=O)O/N=C1\CC2CCC1(C)C2(C)C. The van der Waals surface area contributed by atoms with Gasteiger partial charge in [-0.1, -0.05) is 44.1 Å². The van der Waals surface area contributed by atoms with Crippen LogP contribution in [-0.2, 0) is 4.84 Å². The predicted molar refractivity (Wildman–Crippen MR) is 83.3 cm³/mol. The van der Waals surface area contributed by atoms with E-state index in [4.69, 9.17) is 4.84 Å². The Kier molecular flexibility index (Phi) is 3.19. The van der Waals surface area contributed by atoms with Crippen LogP contribution in [0.4, 0.5) is 0 Å². The predicted octanol–water partition coefficient (Wildman–Crippen LogP) is 4.35. The first-order chi connectivity index (χ1) is 9.86. The molecule has 0 aliphatic heterocycles. The lowest BCUT2D eigenvalue weighted by molar-refractivity contribution is 0.0507. The second kappa shape index (κ2) is 4.69. The van der Waals surface area contributed by atoms with Crippen molar-refractivity contribution < 1.29 is 9.63 Å². The fourth-order valence-electron chi connectivity index (χ4n) is 4.01. The third kappa shape index (κ3) is 2.02. The van der Waals surface area contributed by atoms with Gasteiger partial charge in [-0.05, 0) is 49.1 Å². The van der Waals surface area contributed by atoms with Crippen LogP contribution in [0.15, 0.2) is 29.4 Å². The molecule has 0 aromatic heterocycles. The van der Waals surface area contributed by atoms with Crippen molar-refractivity contribution >= 4 is 11.7 Å². The second-order valence-corrected chi connectivity index (χ2v) is 7.23. The van der Waals surface area contributed by atoms with Gasteiger partial charge in [0.2, 0.25) is 0 Å². The Morgan fingerprint density at radius 2 is 2.00 bits per heavy atom. The van der Waals surface area contributed by atoms with E-state index in [1.807, 2.05) is 25.1 Å². The average molecular weight is 285 g/mol. The maximum absolute atomic E-state index is 12.2. The van der Waals surface area contributed by atoms with E-state index in [0.717, 1.165) is 24.1 Å². The van der Waals surface area contributed by atoms with Crippen molar-refractivity contribution in [2.24, 2.45) is 21.9 Å². The van der Waals surface area contributed by atoms with Crippen LogP contribution in [0.2, 0.25) is 0 Å². The Labute approximate surface area is 126 Å². The molecule has 1 aromatic rings. The fraction of sp³-hybridized carbons (Fsp3) is 0.556. The highest BCUT2D eigenvalue weighted by Gasteiger charge is 2.60. The van der Waals surface area contributed by atoms with Crippen LogP contribution in [0.5, 0.6) is 0 Å². The third-order valence-corrected chi connectivity index (χ3v) is 6.12. The number of oxime groups is 1. The molecule has 2 fully saturated rings. The molecule has 0 N–H and O–H groups in total. The number of nitrogens with zero attached hydrogens (tertiary/aromatic N) is 1. The van der Waals surface area contributed by atoms with Crippen LogP contribution in [-0.4, -0.2) is 11.7 Å². The molecule has 0 radical (unpaired) electrons. The topological polar surface area (TPSA) is 38.7 Å². The Morgan fingerprint density at radius 1 is 1.29 bits per heavy atom. The molecule has 3 heteroatoms. The highest BCUT2D eigenvalue weighted by atomic mass is 16.7. The highest BCUT2D eigenvalue weighted by Crippen LogP contribution is 2.63. The van der Waals surface area contributed by atoms with Gasteiger partial charge >= 0.3 is 5.97 Å². The molecule has 2 unspecified atom stereocenters. The van der Waals surface area contributed by atoms with Gasteiger partial charge in [-0.15, -0.1) is 0 Å². The summed E-state index contributed by atoms with van der Waals surface area (Å²) < 4.78 is 0. The minimum atomic E-state index is -0.357. The summed E-state index contributed by atoms with van der Waals surface area (Å²) >= 11 is 0. The molecule has 0 heterocycles. The Balaban J connectivity index is 1.79. The molecule has 3 nitrogen and oxygen atoms in total. The summed E-state index contributed by atoms with van der Waals surface area (Å²) in [6.07, 6.45) is 3.37. The summed E-state index contributed by atoms with van der Waals surface area (Å²) in [7, 11) is 0. The van der Waals surface area contributed by atoms with Gasteiger partial charge in [-0.2, -0.15) is 0 Å². The molecule has 2 atom stereocenters. The van der Waals surface area contributed by atoms with Crippen LogP contribution in [0.1, 0.15) is 56.0 Å². The van der Waals surface area contributed by atoms with E-state index in [1.165, 1.54) is 6.42 Å². The van der Waals surface area contributed by atoms with E-state index in [-0.39, 0.29) is 16.8 Å². The number of fused-ring (bicyclic) bond motifs is 2. The second-order valence-electron chi connectivity index (χ2n) is 7.23. The zero-order valence-corrected chi connectivity index (χ0v) is 13.3. The van der Waals surface area contributed by atoms with Crippen LogP contribution >= 0.6 is 0 Å². The minimum Gasteiger partial charge on any atom is -0.313 e. The average Bonchev–Trinajstić information content (AvgIpc) is 2.78. The van der Waals surface area contributed by atoms with Gasteiger partial charge in [0, 0.05) is 5.41 Å². The Morgan fingerprint density at radius 3 is 2.57 bits per heavy atom. The standard InChI is InChI=1S/C18H23NO2/c1-12-7-5-6-8-14(12)16(20)21-19-15-11-13-9-10-18(15,4)17(13,2)3/h5-8,13H,9-11H2,1-4H3/b19-15+. The normalized spacial score (nSPS) is 31.6. The van der Waals surface area contributed by atoms with Gasteiger partial charge in [-0.25, -0.2) is 4.79 Å². The lowest BCUT2D eigenvalue weighted by Crippen LogP contribution is -2.32. The zero-order valence-electron chi connectivity index (χ0n) is 13.3. The van der Waals surface area contributed by atoms with Crippen molar-refractivity contribution in [1.82, 2.24) is 0 Å². The fourth-order valence-corrected chi connectivity index (χ4v) is 4.01. The van der Waals surface area contributed by atoms with Crippen molar-refractivity contribution in [2.45, 2.75) is 47.0 Å².